The summed E-state index contributed by atoms with van der Waals surface area (Å²) in [5.41, 5.74) is 5.07. The zero-order valence-corrected chi connectivity index (χ0v) is 16.9. The first kappa shape index (κ1) is 20.7. The lowest BCUT2D eigenvalue weighted by atomic mass is 10.2. The molecule has 0 aliphatic carbocycles. The second-order valence-corrected chi connectivity index (χ2v) is 6.14. The molecule has 9 heteroatoms. The van der Waals surface area contributed by atoms with Crippen LogP contribution >= 0.6 is 0 Å². The molecule has 0 bridgehead atoms. The number of ether oxygens (including phenoxy) is 2. The minimum absolute atomic E-state index is 0.187. The summed E-state index contributed by atoms with van der Waals surface area (Å²) in [5.74, 6) is 1.37. The molecule has 3 rings (SSSR count). The van der Waals surface area contributed by atoms with Crippen molar-refractivity contribution in [1.82, 2.24) is 15.4 Å². The average molecular weight is 409 g/mol. The molecule has 0 saturated heterocycles. The molecule has 3 aromatic rings. The van der Waals surface area contributed by atoms with Crippen LogP contribution in [0, 0.1) is 0 Å². The Kier molecular flexibility index (Phi) is 6.88. The summed E-state index contributed by atoms with van der Waals surface area (Å²) in [6.45, 7) is 1.49. The number of aliphatic imine (C=N–C) groups is 1. The molecule has 0 atom stereocenters. The maximum Gasteiger partial charge on any atom is 0.329 e. The largest absolute Gasteiger partial charge is 0.496 e. The second-order valence-electron chi connectivity index (χ2n) is 6.14. The van der Waals surface area contributed by atoms with E-state index in [-0.39, 0.29) is 12.5 Å². The molecule has 9 nitrogen and oxygen atoms in total. The summed E-state index contributed by atoms with van der Waals surface area (Å²) in [4.78, 5) is 28.0. The van der Waals surface area contributed by atoms with E-state index >= 15 is 0 Å². The number of nitrogens with zero attached hydrogens (tertiary/aromatic N) is 2. The van der Waals surface area contributed by atoms with E-state index in [0.29, 0.717) is 17.4 Å². The van der Waals surface area contributed by atoms with E-state index in [9.17, 15) is 4.79 Å². The number of rotatable bonds is 6. The monoisotopic (exact) mass is 409 g/mol. The van der Waals surface area contributed by atoms with Gasteiger partial charge >= 0.3 is 5.97 Å². The number of anilines is 1. The molecule has 0 radical (unpaired) electrons. The Bertz CT molecular complexity index is 995. The van der Waals surface area contributed by atoms with Crippen LogP contribution in [-0.2, 0) is 16.2 Å². The highest BCUT2D eigenvalue weighted by molar-refractivity contribution is 5.92. The molecule has 156 valence electrons. The number of hydrogen-bond acceptors (Lipinski definition) is 6. The lowest BCUT2D eigenvalue weighted by Gasteiger charge is -2.13. The van der Waals surface area contributed by atoms with Gasteiger partial charge in [0.05, 0.1) is 38.2 Å². The molecule has 0 fully saturated rings. The summed E-state index contributed by atoms with van der Waals surface area (Å²) in [6, 6.07) is 15.2. The molecule has 0 aliphatic rings. The van der Waals surface area contributed by atoms with Gasteiger partial charge in [-0.1, -0.05) is 36.4 Å². The van der Waals surface area contributed by atoms with Gasteiger partial charge in [0, 0.05) is 6.92 Å². The number of H-pyrrole nitrogens is 1. The molecule has 30 heavy (non-hydrogen) atoms. The van der Waals surface area contributed by atoms with Crippen molar-refractivity contribution in [1.29, 1.82) is 0 Å². The third-order valence-corrected chi connectivity index (χ3v) is 4.11. The highest BCUT2D eigenvalue weighted by atomic mass is 16.7. The quantitative estimate of drug-likeness (QED) is 0.326. The minimum Gasteiger partial charge on any atom is -0.496 e. The third kappa shape index (κ3) is 5.28. The zero-order valence-electron chi connectivity index (χ0n) is 16.9. The van der Waals surface area contributed by atoms with Crippen LogP contribution < -0.4 is 20.3 Å². The highest BCUT2D eigenvalue weighted by Gasteiger charge is 2.11. The number of aromatic nitrogens is 2. The molecule has 0 saturated carbocycles. The number of hydrogen-bond donors (Lipinski definition) is 3. The van der Waals surface area contributed by atoms with E-state index in [4.69, 9.17) is 14.3 Å². The summed E-state index contributed by atoms with van der Waals surface area (Å²) < 4.78 is 10.8. The maximum atomic E-state index is 11.2. The molecule has 0 unspecified atom stereocenters. The highest BCUT2D eigenvalue weighted by Crippen LogP contribution is 2.28. The molecule has 3 N–H and O–H groups in total. The Hall–Kier alpha value is -4.01. The molecule has 0 aliphatic heterocycles. The Morgan fingerprint density at radius 2 is 1.77 bits per heavy atom. The van der Waals surface area contributed by atoms with E-state index in [1.54, 1.807) is 20.4 Å². The smallest absolute Gasteiger partial charge is 0.329 e. The number of hydroxylamine groups is 1. The van der Waals surface area contributed by atoms with Crippen molar-refractivity contribution in [2.75, 3.05) is 19.5 Å². The van der Waals surface area contributed by atoms with Crippen molar-refractivity contribution in [3.63, 3.8) is 0 Å². The van der Waals surface area contributed by atoms with Crippen molar-refractivity contribution >= 4 is 17.9 Å². The summed E-state index contributed by atoms with van der Waals surface area (Å²) in [7, 11) is 3.15. The van der Waals surface area contributed by atoms with Crippen LogP contribution in [0.5, 0.6) is 11.5 Å². The standard InChI is InChI=1S/C21H23N5O4/c1-14(27)30-26-21(22-12-16-18(28-2)10-7-11-19(16)29-3)25-20-23-13-17(24-20)15-8-5-4-6-9-15/h4-11,13H,12H2,1-3H3,(H3,22,23,24,25,26). The zero-order chi connectivity index (χ0) is 21.3. The summed E-state index contributed by atoms with van der Waals surface area (Å²) in [6.07, 6.45) is 1.70. The van der Waals surface area contributed by atoms with E-state index in [1.165, 1.54) is 6.92 Å². The Balaban J connectivity index is 1.82. The number of imidazole rings is 1. The topological polar surface area (TPSA) is 110 Å². The number of carbonyl (C=O) groups excluding carboxylic acids is 1. The second kappa shape index (κ2) is 9.97. The van der Waals surface area contributed by atoms with E-state index in [2.05, 4.69) is 25.8 Å². The van der Waals surface area contributed by atoms with Gasteiger partial charge in [0.15, 0.2) is 0 Å². The average Bonchev–Trinajstić information content (AvgIpc) is 3.24. The van der Waals surface area contributed by atoms with Crippen molar-refractivity contribution in [3.8, 4) is 22.8 Å². The Labute approximate surface area is 174 Å². The minimum atomic E-state index is -0.510. The lowest BCUT2D eigenvalue weighted by Crippen LogP contribution is -2.33. The Morgan fingerprint density at radius 1 is 1.07 bits per heavy atom. The van der Waals surface area contributed by atoms with E-state index in [1.807, 2.05) is 48.5 Å². The van der Waals surface area contributed by atoms with Crippen LogP contribution in [0.4, 0.5) is 5.95 Å². The van der Waals surface area contributed by atoms with Crippen molar-refractivity contribution in [2.24, 2.45) is 4.99 Å². The molecule has 0 amide bonds. The molecule has 0 spiro atoms. The van der Waals surface area contributed by atoms with Crippen molar-refractivity contribution < 1.29 is 19.1 Å². The van der Waals surface area contributed by atoms with Gasteiger partial charge in [0.25, 0.3) is 0 Å². The van der Waals surface area contributed by atoms with E-state index < -0.39 is 5.97 Å². The number of benzene rings is 2. The number of carbonyl (C=O) groups is 1. The van der Waals surface area contributed by atoms with Crippen LogP contribution in [0.2, 0.25) is 0 Å². The number of methoxy groups -OCH3 is 2. The predicted molar refractivity (Wildman–Crippen MR) is 113 cm³/mol. The van der Waals surface area contributed by atoms with E-state index in [0.717, 1.165) is 16.8 Å². The van der Waals surface area contributed by atoms with Gasteiger partial charge in [0.2, 0.25) is 11.9 Å². The molecule has 1 heterocycles. The van der Waals surface area contributed by atoms with Gasteiger partial charge < -0.3 is 19.3 Å². The molecule has 1 aromatic heterocycles. The maximum absolute atomic E-state index is 11.2. The van der Waals surface area contributed by atoms with Crippen LogP contribution in [0.1, 0.15) is 12.5 Å². The predicted octanol–water partition coefficient (Wildman–Crippen LogP) is 3.13. The lowest BCUT2D eigenvalue weighted by molar-refractivity contribution is -0.145. The first-order valence-corrected chi connectivity index (χ1v) is 9.16. The van der Waals surface area contributed by atoms with Crippen molar-refractivity contribution in [2.45, 2.75) is 13.5 Å². The normalized spacial score (nSPS) is 11.0. The SMILES string of the molecule is COc1cccc(OC)c1CN=C(NOC(C)=O)Nc1ncc(-c2ccccc2)[nH]1. The number of aromatic amines is 1. The first-order chi connectivity index (χ1) is 14.6. The third-order valence-electron chi connectivity index (χ3n) is 4.11. The van der Waals surface area contributed by atoms with Crippen molar-refractivity contribution in [3.05, 3.63) is 60.3 Å². The van der Waals surface area contributed by atoms with Crippen LogP contribution in [-0.4, -0.2) is 36.1 Å². The van der Waals surface area contributed by atoms with Crippen LogP contribution in [0.25, 0.3) is 11.3 Å². The van der Waals surface area contributed by atoms with Crippen LogP contribution in [0.3, 0.4) is 0 Å². The Morgan fingerprint density at radius 3 is 2.40 bits per heavy atom. The van der Waals surface area contributed by atoms with Gasteiger partial charge in [0.1, 0.15) is 11.5 Å². The number of guanidine groups is 1. The van der Waals surface area contributed by atoms with Gasteiger partial charge in [-0.05, 0) is 17.7 Å². The van der Waals surface area contributed by atoms with Gasteiger partial charge in [-0.25, -0.2) is 9.98 Å². The first-order valence-electron chi connectivity index (χ1n) is 9.16. The summed E-state index contributed by atoms with van der Waals surface area (Å²) >= 11 is 0. The fraction of sp³-hybridized carbons (Fsp3) is 0.190. The van der Waals surface area contributed by atoms with Crippen LogP contribution in [0.15, 0.2) is 59.7 Å². The fourth-order valence-corrected chi connectivity index (χ4v) is 2.72. The molecule has 2 aromatic carbocycles. The van der Waals surface area contributed by atoms with Gasteiger partial charge in [-0.2, -0.15) is 5.48 Å². The van der Waals surface area contributed by atoms with Gasteiger partial charge in [-0.15, -0.1) is 0 Å². The molecular weight excluding hydrogens is 386 g/mol. The fourth-order valence-electron chi connectivity index (χ4n) is 2.72. The molecular formula is C21H23N5O4. The summed E-state index contributed by atoms with van der Waals surface area (Å²) in [5, 5.41) is 2.98. The number of nitrogens with one attached hydrogen (secondary N) is 3. The van der Waals surface area contributed by atoms with Gasteiger partial charge in [-0.3, -0.25) is 10.1 Å².